The zero-order chi connectivity index (χ0) is 74.6. The van der Waals surface area contributed by atoms with Crippen molar-refractivity contribution in [2.24, 2.45) is 0 Å². The zero-order valence-corrected chi connectivity index (χ0v) is 65.0. The first-order valence-corrected chi connectivity index (χ1v) is 41.7. The molecular weight excluding hydrogens is 1330 g/mol. The van der Waals surface area contributed by atoms with Crippen molar-refractivity contribution in [1.82, 2.24) is 0 Å². The summed E-state index contributed by atoms with van der Waals surface area (Å²) in [6, 6.07) is 0. The van der Waals surface area contributed by atoms with Crippen LogP contribution in [0.3, 0.4) is 0 Å². The molecule has 0 aliphatic carbocycles. The van der Waals surface area contributed by atoms with Crippen LogP contribution in [-0.2, 0) is 65.4 Å². The van der Waals surface area contributed by atoms with E-state index in [2.05, 4.69) is 174 Å². The average Bonchev–Trinajstić information content (AvgIpc) is 0.994. The van der Waals surface area contributed by atoms with Gasteiger partial charge in [-0.25, -0.2) is 9.13 Å². The third kappa shape index (κ3) is 73.0. The molecule has 0 aromatic carbocycles. The van der Waals surface area contributed by atoms with E-state index in [1.54, 1.807) is 0 Å². The number of hydrogen-bond acceptors (Lipinski definition) is 15. The summed E-state index contributed by atoms with van der Waals surface area (Å²) < 4.78 is 68.4. The maximum atomic E-state index is 13.1. The molecule has 0 aromatic rings. The number of hydrogen-bond donors (Lipinski definition) is 3. The molecule has 0 aliphatic heterocycles. The van der Waals surface area contributed by atoms with Crippen LogP contribution in [0.2, 0.25) is 0 Å². The summed E-state index contributed by atoms with van der Waals surface area (Å²) in [7, 11) is -9.99. The van der Waals surface area contributed by atoms with Crippen LogP contribution in [0.4, 0.5) is 0 Å². The monoisotopic (exact) mass is 1470 g/mol. The number of unbranched alkanes of at least 4 members (excludes halogenated alkanes) is 19. The van der Waals surface area contributed by atoms with Gasteiger partial charge >= 0.3 is 39.5 Å². The van der Waals surface area contributed by atoms with Gasteiger partial charge in [0.25, 0.3) is 0 Å². The number of phosphoric ester groups is 2. The van der Waals surface area contributed by atoms with Gasteiger partial charge in [0.2, 0.25) is 0 Å². The van der Waals surface area contributed by atoms with Gasteiger partial charge in [-0.2, -0.15) is 0 Å². The lowest BCUT2D eigenvalue weighted by molar-refractivity contribution is -0.161. The highest BCUT2D eigenvalue weighted by Gasteiger charge is 2.30. The minimum atomic E-state index is -5.00. The van der Waals surface area contributed by atoms with Crippen molar-refractivity contribution in [3.8, 4) is 0 Å². The predicted molar refractivity (Wildman–Crippen MR) is 417 cm³/mol. The molecule has 0 heterocycles. The molecule has 580 valence electrons. The molecule has 5 unspecified atom stereocenters. The van der Waals surface area contributed by atoms with Gasteiger partial charge in [-0.15, -0.1) is 0 Å². The standard InChI is InChI=1S/C83H136O17P2/c1-5-9-13-17-21-25-29-32-35-38-41-44-48-51-55-59-63-67-80(85)93-73-78(99-82(87)69-65-61-57-53-47-28-24-20-16-12-8-4)75-97-101(89,90)95-71-77(84)72-96-102(91,92)98-76-79(100-83(88)70-66-62-58-54-50-46-43-40-37-34-31-27-23-19-15-11-7-3)74-94-81(86)68-64-60-56-52-49-45-42-39-36-33-30-26-22-18-14-10-6-2/h9-11,13-15,20-27,32-37,41-42,44-45,52,56,77-79,84H,5-8,12,16-19,28-31,38-40,43,46-51,53-55,57-76H2,1-4H3,(H,89,90)(H,91,92)/b13-9-,14-10-,15-11-,24-20-,25-21-,26-22-,27-23-,35-32-,36-33-,37-34-,44-41-,45-42-,56-52-. The number of aliphatic hydroxyl groups excluding tert-OH is 1. The number of aliphatic hydroxyl groups is 1. The Labute approximate surface area is 617 Å². The van der Waals surface area contributed by atoms with E-state index in [1.165, 1.54) is 12.8 Å². The van der Waals surface area contributed by atoms with Crippen LogP contribution < -0.4 is 0 Å². The number of ether oxygens (including phenoxy) is 4. The van der Waals surface area contributed by atoms with Crippen molar-refractivity contribution in [1.29, 1.82) is 0 Å². The largest absolute Gasteiger partial charge is 0.472 e. The van der Waals surface area contributed by atoms with E-state index >= 15 is 0 Å². The Kier molecular flexibility index (Phi) is 70.1. The normalized spacial score (nSPS) is 14.8. The van der Waals surface area contributed by atoms with E-state index in [1.807, 2.05) is 12.2 Å². The Morgan fingerprint density at radius 1 is 0.284 bits per heavy atom. The number of carbonyl (C=O) groups is 4. The van der Waals surface area contributed by atoms with Gasteiger partial charge in [-0.3, -0.25) is 37.3 Å². The van der Waals surface area contributed by atoms with Gasteiger partial charge in [0.1, 0.15) is 19.3 Å². The summed E-state index contributed by atoms with van der Waals surface area (Å²) in [4.78, 5) is 72.9. The van der Waals surface area contributed by atoms with E-state index in [4.69, 9.17) is 37.0 Å². The highest BCUT2D eigenvalue weighted by atomic mass is 31.2. The molecule has 0 rings (SSSR count). The Morgan fingerprint density at radius 3 is 0.833 bits per heavy atom. The molecule has 3 N–H and O–H groups in total. The van der Waals surface area contributed by atoms with Crippen LogP contribution in [-0.4, -0.2) is 96.7 Å². The van der Waals surface area contributed by atoms with E-state index in [0.29, 0.717) is 32.1 Å². The van der Waals surface area contributed by atoms with Crippen molar-refractivity contribution in [2.75, 3.05) is 39.6 Å². The number of carbonyl (C=O) groups excluding carboxylic acids is 4. The Hall–Kier alpha value is -5.32. The molecule has 5 atom stereocenters. The molecule has 0 saturated heterocycles. The number of allylic oxidation sites excluding steroid dienone is 26. The number of phosphoric acid groups is 2. The van der Waals surface area contributed by atoms with Crippen molar-refractivity contribution in [3.63, 3.8) is 0 Å². The minimum absolute atomic E-state index is 0.0658. The molecule has 0 amide bonds. The Morgan fingerprint density at radius 2 is 0.520 bits per heavy atom. The lowest BCUT2D eigenvalue weighted by atomic mass is 10.1. The van der Waals surface area contributed by atoms with Crippen molar-refractivity contribution < 1.29 is 80.2 Å². The van der Waals surface area contributed by atoms with Gasteiger partial charge in [0, 0.05) is 25.7 Å². The summed E-state index contributed by atoms with van der Waals surface area (Å²) in [5.74, 6) is -2.30. The second-order valence-corrected chi connectivity index (χ2v) is 28.1. The summed E-state index contributed by atoms with van der Waals surface area (Å²) in [5, 5.41) is 10.6. The van der Waals surface area contributed by atoms with E-state index in [-0.39, 0.29) is 25.7 Å². The molecule has 19 heteroatoms. The summed E-state index contributed by atoms with van der Waals surface area (Å²) in [6.07, 6.45) is 85.3. The molecular formula is C83H136O17P2. The van der Waals surface area contributed by atoms with Crippen LogP contribution in [0, 0.1) is 0 Å². The zero-order valence-electron chi connectivity index (χ0n) is 63.2. The SMILES string of the molecule is CC/C=C\C/C=C\C/C=C\C/C=C\C/C=C\CCCC(=O)OCC(COP(=O)(O)OCC(O)COP(=O)(O)OCC(COC(=O)CCCCCC/C=C\C/C=C\C/C=C\C/C=C\CC)OC(=O)CCCCCCC/C=C\CCCC)OC(=O)CCCCCCCCC/C=C\C/C=C\C/C=C\CC. The van der Waals surface area contributed by atoms with Gasteiger partial charge in [0.15, 0.2) is 12.2 Å². The van der Waals surface area contributed by atoms with E-state index in [0.717, 1.165) is 186 Å². The van der Waals surface area contributed by atoms with Crippen molar-refractivity contribution in [3.05, 3.63) is 158 Å². The third-order valence-corrected chi connectivity index (χ3v) is 17.4. The van der Waals surface area contributed by atoms with Crippen molar-refractivity contribution in [2.45, 2.75) is 303 Å². The first-order chi connectivity index (χ1) is 49.7. The van der Waals surface area contributed by atoms with Gasteiger partial charge in [0.05, 0.1) is 26.4 Å². The highest BCUT2D eigenvalue weighted by Crippen LogP contribution is 2.45. The summed E-state index contributed by atoms with van der Waals surface area (Å²) in [5.41, 5.74) is 0. The Balaban J connectivity index is 5.42. The fourth-order valence-electron chi connectivity index (χ4n) is 9.65. The first-order valence-electron chi connectivity index (χ1n) is 38.7. The lowest BCUT2D eigenvalue weighted by Crippen LogP contribution is -2.30. The molecule has 0 bridgehead atoms. The molecule has 0 aliphatic rings. The number of esters is 4. The van der Waals surface area contributed by atoms with Crippen LogP contribution in [0.25, 0.3) is 0 Å². The van der Waals surface area contributed by atoms with Crippen LogP contribution in [0.5, 0.6) is 0 Å². The quantitative estimate of drug-likeness (QED) is 0.0169. The molecule has 17 nitrogen and oxygen atoms in total. The summed E-state index contributed by atoms with van der Waals surface area (Å²) in [6.45, 7) is 4.37. The fourth-order valence-corrected chi connectivity index (χ4v) is 11.2. The second kappa shape index (κ2) is 74.0. The molecule has 0 spiro atoms. The van der Waals surface area contributed by atoms with Crippen LogP contribution >= 0.6 is 15.6 Å². The molecule has 102 heavy (non-hydrogen) atoms. The molecule has 0 fully saturated rings. The smallest absolute Gasteiger partial charge is 0.462 e. The molecule has 0 aromatic heterocycles. The van der Waals surface area contributed by atoms with E-state index in [9.17, 15) is 43.2 Å². The minimum Gasteiger partial charge on any atom is -0.462 e. The van der Waals surface area contributed by atoms with Crippen molar-refractivity contribution >= 4 is 39.5 Å². The topological polar surface area (TPSA) is 237 Å². The highest BCUT2D eigenvalue weighted by molar-refractivity contribution is 7.47. The van der Waals surface area contributed by atoms with E-state index < -0.39 is 97.5 Å². The first kappa shape index (κ1) is 96.7. The second-order valence-electron chi connectivity index (χ2n) is 25.1. The maximum Gasteiger partial charge on any atom is 0.472 e. The van der Waals surface area contributed by atoms with Gasteiger partial charge in [-0.1, -0.05) is 263 Å². The lowest BCUT2D eigenvalue weighted by Gasteiger charge is -2.21. The third-order valence-electron chi connectivity index (χ3n) is 15.5. The predicted octanol–water partition coefficient (Wildman–Crippen LogP) is 22.4. The maximum absolute atomic E-state index is 13.1. The summed E-state index contributed by atoms with van der Waals surface area (Å²) >= 11 is 0. The Bertz CT molecular complexity index is 2550. The fraction of sp³-hybridized carbons (Fsp3) is 0.639. The number of rotatable bonds is 71. The molecule has 0 radical (unpaired) electrons. The average molecular weight is 1470 g/mol. The van der Waals surface area contributed by atoms with Crippen LogP contribution in [0.1, 0.15) is 285 Å². The van der Waals surface area contributed by atoms with Gasteiger partial charge in [-0.05, 0) is 154 Å². The van der Waals surface area contributed by atoms with Crippen LogP contribution in [0.15, 0.2) is 158 Å². The van der Waals surface area contributed by atoms with Gasteiger partial charge < -0.3 is 33.8 Å². The molecule has 0 saturated carbocycles.